The van der Waals surface area contributed by atoms with Crippen LogP contribution in [0.15, 0.2) is 11.2 Å². The highest BCUT2D eigenvalue weighted by Gasteiger charge is 2.06. The quantitative estimate of drug-likeness (QED) is 0.622. The van der Waals surface area contributed by atoms with Gasteiger partial charge in [0.25, 0.3) is 0 Å². The summed E-state index contributed by atoms with van der Waals surface area (Å²) in [4.78, 5) is 13.5. The Kier molecular flexibility index (Phi) is 4.03. The first-order valence-corrected chi connectivity index (χ1v) is 5.76. The van der Waals surface area contributed by atoms with Crippen LogP contribution in [-0.2, 0) is 4.79 Å². The average Bonchev–Trinajstić information content (AvgIpc) is 2.53. The van der Waals surface area contributed by atoms with Gasteiger partial charge in [0.15, 0.2) is 0 Å². The van der Waals surface area contributed by atoms with E-state index in [9.17, 15) is 4.79 Å². The first-order chi connectivity index (χ1) is 7.04. The number of nitrogens with one attached hydrogen (secondary N) is 1. The van der Waals surface area contributed by atoms with Crippen molar-refractivity contribution in [1.29, 1.82) is 0 Å². The molecule has 0 aliphatic heterocycles. The zero-order valence-electron chi connectivity index (χ0n) is 9.55. The number of hydrogen-bond donors (Lipinski definition) is 1. The second-order valence-electron chi connectivity index (χ2n) is 3.41. The molecule has 0 aliphatic rings. The van der Waals surface area contributed by atoms with Gasteiger partial charge in [0, 0.05) is 21.7 Å². The maximum absolute atomic E-state index is 11.0. The summed E-state index contributed by atoms with van der Waals surface area (Å²) in [5, 5.41) is 4.06. The van der Waals surface area contributed by atoms with Crippen LogP contribution in [0.5, 0.6) is 0 Å². The number of amides is 1. The number of thiophene rings is 1. The Bertz CT molecular complexity index is 393. The van der Waals surface area contributed by atoms with Gasteiger partial charge in [-0.3, -0.25) is 4.79 Å². The molecule has 0 atom stereocenters. The van der Waals surface area contributed by atoms with Crippen molar-refractivity contribution in [2.75, 3.05) is 0 Å². The maximum Gasteiger partial charge on any atom is 0.239 e. The maximum atomic E-state index is 11.0. The number of hydrazone groups is 1. The van der Waals surface area contributed by atoms with E-state index in [4.69, 9.17) is 0 Å². The monoisotopic (exact) mass is 224 g/mol. The molecule has 4 heteroatoms. The molecule has 0 spiro atoms. The highest BCUT2D eigenvalue weighted by molar-refractivity contribution is 7.12. The first-order valence-electron chi connectivity index (χ1n) is 4.95. The molecule has 1 amide bonds. The molecular formula is C11H16N2OS. The molecule has 0 aromatic carbocycles. The van der Waals surface area contributed by atoms with Gasteiger partial charge >= 0.3 is 0 Å². The summed E-state index contributed by atoms with van der Waals surface area (Å²) in [6.45, 7) is 7.84. The van der Waals surface area contributed by atoms with E-state index in [1.807, 2.05) is 6.92 Å². The van der Waals surface area contributed by atoms with Crippen LogP contribution < -0.4 is 5.43 Å². The van der Waals surface area contributed by atoms with Crippen molar-refractivity contribution in [2.24, 2.45) is 5.10 Å². The Morgan fingerprint density at radius 2 is 2.20 bits per heavy atom. The van der Waals surface area contributed by atoms with E-state index < -0.39 is 0 Å². The van der Waals surface area contributed by atoms with Crippen LogP contribution in [-0.4, -0.2) is 11.6 Å². The lowest BCUT2D eigenvalue weighted by atomic mass is 10.2. The van der Waals surface area contributed by atoms with E-state index in [0.717, 1.165) is 11.3 Å². The van der Waals surface area contributed by atoms with E-state index in [0.29, 0.717) is 6.42 Å². The zero-order chi connectivity index (χ0) is 11.4. The molecule has 1 aromatic rings. The van der Waals surface area contributed by atoms with Crippen LogP contribution in [0.25, 0.3) is 0 Å². The van der Waals surface area contributed by atoms with E-state index in [2.05, 4.69) is 30.4 Å². The number of carbonyl (C=O) groups is 1. The van der Waals surface area contributed by atoms with Crippen LogP contribution in [0.2, 0.25) is 0 Å². The number of hydrogen-bond acceptors (Lipinski definition) is 3. The fourth-order valence-electron chi connectivity index (χ4n) is 1.28. The van der Waals surface area contributed by atoms with Crippen LogP contribution >= 0.6 is 11.3 Å². The Balaban J connectivity index is 2.80. The third-order valence-corrected chi connectivity index (χ3v) is 3.07. The minimum atomic E-state index is -0.0565. The molecule has 3 nitrogen and oxygen atoms in total. The number of rotatable bonds is 3. The summed E-state index contributed by atoms with van der Waals surface area (Å²) >= 11 is 1.74. The normalized spacial score (nSPS) is 11.6. The van der Waals surface area contributed by atoms with Gasteiger partial charge in [0.2, 0.25) is 5.91 Å². The van der Waals surface area contributed by atoms with Gasteiger partial charge in [0.05, 0.1) is 5.71 Å². The Morgan fingerprint density at radius 1 is 1.53 bits per heavy atom. The highest BCUT2D eigenvalue weighted by atomic mass is 32.1. The van der Waals surface area contributed by atoms with Crippen molar-refractivity contribution < 1.29 is 4.79 Å². The first kappa shape index (κ1) is 11.9. The molecular weight excluding hydrogens is 208 g/mol. The summed E-state index contributed by atoms with van der Waals surface area (Å²) in [6, 6.07) is 2.09. The SMILES string of the molecule is CCC(=O)NN=C(C)c1cc(C)sc1C. The Hall–Kier alpha value is -1.16. The molecule has 0 fully saturated rings. The average molecular weight is 224 g/mol. The van der Waals surface area contributed by atoms with Gasteiger partial charge in [-0.15, -0.1) is 11.3 Å². The van der Waals surface area contributed by atoms with E-state index in [-0.39, 0.29) is 5.91 Å². The van der Waals surface area contributed by atoms with Crippen molar-refractivity contribution in [1.82, 2.24) is 5.43 Å². The second-order valence-corrected chi connectivity index (χ2v) is 4.87. The lowest BCUT2D eigenvalue weighted by Crippen LogP contribution is -2.17. The fourth-order valence-corrected chi connectivity index (χ4v) is 2.25. The molecule has 1 N–H and O–H groups in total. The molecule has 1 rings (SSSR count). The van der Waals surface area contributed by atoms with Gasteiger partial charge < -0.3 is 0 Å². The Morgan fingerprint density at radius 3 is 2.67 bits per heavy atom. The van der Waals surface area contributed by atoms with E-state index in [1.54, 1.807) is 18.3 Å². The van der Waals surface area contributed by atoms with Gasteiger partial charge in [-0.2, -0.15) is 5.10 Å². The third-order valence-electron chi connectivity index (χ3n) is 2.10. The van der Waals surface area contributed by atoms with Gasteiger partial charge in [-0.25, -0.2) is 5.43 Å². The number of aryl methyl sites for hydroxylation is 2. The van der Waals surface area contributed by atoms with Crippen molar-refractivity contribution >= 4 is 23.0 Å². The van der Waals surface area contributed by atoms with Crippen LogP contribution in [0.1, 0.15) is 35.6 Å². The van der Waals surface area contributed by atoms with Crippen molar-refractivity contribution in [3.05, 3.63) is 21.4 Å². The second kappa shape index (κ2) is 5.07. The lowest BCUT2D eigenvalue weighted by Gasteiger charge is -2.00. The topological polar surface area (TPSA) is 41.5 Å². The predicted molar refractivity (Wildman–Crippen MR) is 64.4 cm³/mol. The van der Waals surface area contributed by atoms with E-state index in [1.165, 1.54) is 9.75 Å². The minimum absolute atomic E-state index is 0.0565. The summed E-state index contributed by atoms with van der Waals surface area (Å²) in [7, 11) is 0. The molecule has 1 aromatic heterocycles. The summed E-state index contributed by atoms with van der Waals surface area (Å²) in [5.41, 5.74) is 4.50. The molecule has 0 saturated carbocycles. The molecule has 0 saturated heterocycles. The minimum Gasteiger partial charge on any atom is -0.273 e. The fraction of sp³-hybridized carbons (Fsp3) is 0.455. The number of carbonyl (C=O) groups excluding carboxylic acids is 1. The van der Waals surface area contributed by atoms with Gasteiger partial charge in [-0.1, -0.05) is 6.92 Å². The van der Waals surface area contributed by atoms with Crippen molar-refractivity contribution in [3.63, 3.8) is 0 Å². The molecule has 0 unspecified atom stereocenters. The molecule has 0 aliphatic carbocycles. The van der Waals surface area contributed by atoms with Gasteiger partial charge in [-0.05, 0) is 26.8 Å². The molecule has 0 radical (unpaired) electrons. The molecule has 1 heterocycles. The standard InChI is InChI=1S/C11H16N2OS/c1-5-11(14)13-12-8(3)10-6-7(2)15-9(10)4/h6H,5H2,1-4H3,(H,13,14). The van der Waals surface area contributed by atoms with E-state index >= 15 is 0 Å². The van der Waals surface area contributed by atoms with Crippen molar-refractivity contribution in [3.8, 4) is 0 Å². The summed E-state index contributed by atoms with van der Waals surface area (Å²) in [5.74, 6) is -0.0565. The highest BCUT2D eigenvalue weighted by Crippen LogP contribution is 2.20. The van der Waals surface area contributed by atoms with Gasteiger partial charge in [0.1, 0.15) is 0 Å². The smallest absolute Gasteiger partial charge is 0.239 e. The molecule has 15 heavy (non-hydrogen) atoms. The number of nitrogens with zero attached hydrogens (tertiary/aromatic N) is 1. The van der Waals surface area contributed by atoms with Crippen LogP contribution in [0.3, 0.4) is 0 Å². The molecule has 0 bridgehead atoms. The van der Waals surface area contributed by atoms with Crippen LogP contribution in [0.4, 0.5) is 0 Å². The largest absolute Gasteiger partial charge is 0.273 e. The Labute approximate surface area is 94.2 Å². The molecule has 82 valence electrons. The summed E-state index contributed by atoms with van der Waals surface area (Å²) < 4.78 is 0. The predicted octanol–water partition coefficient (Wildman–Crippen LogP) is 2.62. The zero-order valence-corrected chi connectivity index (χ0v) is 10.4. The van der Waals surface area contributed by atoms with Crippen molar-refractivity contribution in [2.45, 2.75) is 34.1 Å². The van der Waals surface area contributed by atoms with Crippen LogP contribution in [0, 0.1) is 13.8 Å². The third kappa shape index (κ3) is 3.16. The summed E-state index contributed by atoms with van der Waals surface area (Å²) in [6.07, 6.45) is 0.457. The lowest BCUT2D eigenvalue weighted by molar-refractivity contribution is -0.120.